The third-order valence-corrected chi connectivity index (χ3v) is 1.73. The minimum Gasteiger partial charge on any atom is -0.0893 e. The van der Waals surface area contributed by atoms with Crippen molar-refractivity contribution in [3.8, 4) is 0 Å². The average Bonchev–Trinajstić information content (AvgIpc) is 2.24. The minimum atomic E-state index is 0.285. The third-order valence-electron chi connectivity index (χ3n) is 1.73. The summed E-state index contributed by atoms with van der Waals surface area (Å²) in [4.78, 5) is 5.35. The van der Waals surface area contributed by atoms with Crippen LogP contribution in [0.4, 0.5) is 0 Å². The molecule has 0 atom stereocenters. The predicted molar refractivity (Wildman–Crippen MR) is 52.1 cm³/mol. The van der Waals surface area contributed by atoms with E-state index in [0.29, 0.717) is 0 Å². The van der Waals surface area contributed by atoms with Crippen LogP contribution in [0.1, 0.15) is 11.1 Å². The maximum atomic E-state index is 8.17. The lowest BCUT2D eigenvalue weighted by atomic mass is 10.1. The molecule has 0 aliphatic heterocycles. The van der Waals surface area contributed by atoms with E-state index in [0.717, 1.165) is 11.1 Å². The van der Waals surface area contributed by atoms with E-state index in [-0.39, 0.29) is 13.1 Å². The van der Waals surface area contributed by atoms with E-state index >= 15 is 0 Å². The summed E-state index contributed by atoms with van der Waals surface area (Å²) >= 11 is 0. The molecule has 0 aliphatic rings. The Morgan fingerprint density at radius 3 is 1.71 bits per heavy atom. The van der Waals surface area contributed by atoms with Crippen LogP contribution in [0.15, 0.2) is 34.5 Å². The second-order valence-corrected chi connectivity index (χ2v) is 2.55. The molecule has 1 aromatic carbocycles. The van der Waals surface area contributed by atoms with Crippen molar-refractivity contribution in [3.63, 3.8) is 0 Å². The molecule has 70 valence electrons. The van der Waals surface area contributed by atoms with E-state index < -0.39 is 0 Å². The maximum Gasteiger partial charge on any atom is 0.0513 e. The quantitative estimate of drug-likeness (QED) is 0.393. The number of hydrogen-bond acceptors (Lipinski definition) is 2. The van der Waals surface area contributed by atoms with Crippen molar-refractivity contribution >= 4 is 0 Å². The summed E-state index contributed by atoms with van der Waals surface area (Å²) in [5.41, 5.74) is 18.1. The third kappa shape index (κ3) is 2.71. The first-order valence-electron chi connectivity index (χ1n) is 3.97. The zero-order valence-corrected chi connectivity index (χ0v) is 7.41. The topological polar surface area (TPSA) is 97.5 Å². The van der Waals surface area contributed by atoms with Gasteiger partial charge in [0.2, 0.25) is 0 Å². The lowest BCUT2D eigenvalue weighted by molar-refractivity contribution is 0.963. The number of benzene rings is 1. The Labute approximate surface area is 80.4 Å². The van der Waals surface area contributed by atoms with Crippen molar-refractivity contribution in [1.82, 2.24) is 0 Å². The zero-order chi connectivity index (χ0) is 10.2. The van der Waals surface area contributed by atoms with Crippen LogP contribution in [-0.4, -0.2) is 0 Å². The van der Waals surface area contributed by atoms with Crippen molar-refractivity contribution in [2.24, 2.45) is 10.2 Å². The van der Waals surface area contributed by atoms with Crippen LogP contribution in [0.25, 0.3) is 20.9 Å². The Morgan fingerprint density at radius 2 is 1.36 bits per heavy atom. The van der Waals surface area contributed by atoms with E-state index in [1.54, 1.807) is 0 Å². The number of azide groups is 2. The van der Waals surface area contributed by atoms with Crippen molar-refractivity contribution < 1.29 is 0 Å². The number of nitrogens with zero attached hydrogens (tertiary/aromatic N) is 6. The first kappa shape index (κ1) is 9.92. The Kier molecular flexibility index (Phi) is 3.88. The van der Waals surface area contributed by atoms with Crippen molar-refractivity contribution in [2.45, 2.75) is 13.1 Å². The lowest BCUT2D eigenvalue weighted by Gasteiger charge is -2.02. The normalized spacial score (nSPS) is 8.57. The highest BCUT2D eigenvalue weighted by atomic mass is 15.1. The summed E-state index contributed by atoms with van der Waals surface area (Å²) in [7, 11) is 0. The molecule has 6 nitrogen and oxygen atoms in total. The van der Waals surface area contributed by atoms with Gasteiger partial charge < -0.3 is 0 Å². The standard InChI is InChI=1S/C8H8N6/c9-13-11-5-7-3-1-2-4-8(7)6-12-14-10/h1-4H,5-6H2. The number of rotatable bonds is 4. The maximum absolute atomic E-state index is 8.17. The Hall–Kier alpha value is -2.16. The van der Waals surface area contributed by atoms with E-state index in [9.17, 15) is 0 Å². The molecule has 0 aromatic heterocycles. The molecule has 0 heterocycles. The molecule has 6 heteroatoms. The van der Waals surface area contributed by atoms with Crippen molar-refractivity contribution in [2.75, 3.05) is 0 Å². The van der Waals surface area contributed by atoms with Gasteiger partial charge in [-0.2, -0.15) is 0 Å². The van der Waals surface area contributed by atoms with Gasteiger partial charge in [-0.25, -0.2) is 0 Å². The molecule has 0 amide bonds. The SMILES string of the molecule is [N-]=[N+]=NCc1ccccc1CN=[N+]=[N-]. The predicted octanol–water partition coefficient (Wildman–Crippen LogP) is 3.31. The molecule has 0 saturated heterocycles. The summed E-state index contributed by atoms with van der Waals surface area (Å²) in [5, 5.41) is 6.91. The molecule has 0 saturated carbocycles. The Morgan fingerprint density at radius 1 is 0.929 bits per heavy atom. The second kappa shape index (κ2) is 5.48. The van der Waals surface area contributed by atoms with E-state index in [2.05, 4.69) is 20.1 Å². The average molecular weight is 188 g/mol. The molecule has 0 aliphatic carbocycles. The molecule has 1 aromatic rings. The van der Waals surface area contributed by atoms with Gasteiger partial charge in [0.25, 0.3) is 0 Å². The largest absolute Gasteiger partial charge is 0.0893 e. The van der Waals surface area contributed by atoms with Crippen LogP contribution >= 0.6 is 0 Å². The summed E-state index contributed by atoms with van der Waals surface area (Å²) < 4.78 is 0. The van der Waals surface area contributed by atoms with E-state index in [1.165, 1.54) is 0 Å². The fourth-order valence-corrected chi connectivity index (χ4v) is 1.08. The smallest absolute Gasteiger partial charge is 0.0513 e. The first-order valence-corrected chi connectivity index (χ1v) is 3.97. The highest BCUT2D eigenvalue weighted by Gasteiger charge is 1.98. The van der Waals surface area contributed by atoms with Crippen LogP contribution < -0.4 is 0 Å². The Bertz CT molecular complexity index is 361. The van der Waals surface area contributed by atoms with Gasteiger partial charge in [0, 0.05) is 9.82 Å². The highest BCUT2D eigenvalue weighted by Crippen LogP contribution is 2.11. The molecule has 0 spiro atoms. The van der Waals surface area contributed by atoms with Gasteiger partial charge in [0.05, 0.1) is 13.1 Å². The molecule has 14 heavy (non-hydrogen) atoms. The Balaban J connectivity index is 2.89. The fraction of sp³-hybridized carbons (Fsp3) is 0.250. The van der Waals surface area contributed by atoms with Gasteiger partial charge in [-0.3, -0.25) is 0 Å². The molecule has 0 fully saturated rings. The van der Waals surface area contributed by atoms with Crippen LogP contribution in [0.5, 0.6) is 0 Å². The second-order valence-electron chi connectivity index (χ2n) is 2.55. The molecular formula is C8H8N6. The molecule has 0 N–H and O–H groups in total. The highest BCUT2D eigenvalue weighted by molar-refractivity contribution is 5.26. The summed E-state index contributed by atoms with van der Waals surface area (Å²) in [6.07, 6.45) is 0. The molecule has 0 bridgehead atoms. The van der Waals surface area contributed by atoms with Gasteiger partial charge in [-0.05, 0) is 22.2 Å². The number of hydrogen-bond donors (Lipinski definition) is 0. The summed E-state index contributed by atoms with van der Waals surface area (Å²) in [5.74, 6) is 0. The lowest BCUT2D eigenvalue weighted by Crippen LogP contribution is -1.89. The van der Waals surface area contributed by atoms with Gasteiger partial charge in [0.15, 0.2) is 0 Å². The van der Waals surface area contributed by atoms with Crippen LogP contribution in [0.3, 0.4) is 0 Å². The molecule has 1 rings (SSSR count). The molecular weight excluding hydrogens is 180 g/mol. The van der Waals surface area contributed by atoms with Gasteiger partial charge in [0.1, 0.15) is 0 Å². The van der Waals surface area contributed by atoms with Gasteiger partial charge in [-0.15, -0.1) is 0 Å². The van der Waals surface area contributed by atoms with Crippen LogP contribution in [0, 0.1) is 0 Å². The monoisotopic (exact) mass is 188 g/mol. The minimum absolute atomic E-state index is 0.285. The zero-order valence-electron chi connectivity index (χ0n) is 7.41. The first-order chi connectivity index (χ1) is 6.88. The van der Waals surface area contributed by atoms with Crippen LogP contribution in [-0.2, 0) is 13.1 Å². The van der Waals surface area contributed by atoms with Gasteiger partial charge >= 0.3 is 0 Å². The summed E-state index contributed by atoms with van der Waals surface area (Å²) in [6.45, 7) is 0.571. The van der Waals surface area contributed by atoms with E-state index in [1.807, 2.05) is 24.3 Å². The fourth-order valence-electron chi connectivity index (χ4n) is 1.08. The van der Waals surface area contributed by atoms with E-state index in [4.69, 9.17) is 11.1 Å². The van der Waals surface area contributed by atoms with Crippen molar-refractivity contribution in [1.29, 1.82) is 0 Å². The molecule has 0 unspecified atom stereocenters. The van der Waals surface area contributed by atoms with Crippen LogP contribution in [0.2, 0.25) is 0 Å². The molecule has 0 radical (unpaired) electrons. The van der Waals surface area contributed by atoms with Crippen molar-refractivity contribution in [3.05, 3.63) is 56.3 Å². The summed E-state index contributed by atoms with van der Waals surface area (Å²) in [6, 6.07) is 7.39. The van der Waals surface area contributed by atoms with Gasteiger partial charge in [-0.1, -0.05) is 34.5 Å².